The lowest BCUT2D eigenvalue weighted by atomic mass is 9.34. The summed E-state index contributed by atoms with van der Waals surface area (Å²) in [5, 5.41) is 0. The van der Waals surface area contributed by atoms with Crippen LogP contribution in [0.5, 0.6) is 23.0 Å². The van der Waals surface area contributed by atoms with E-state index >= 15 is 0 Å². The maximum atomic E-state index is 6.79. The summed E-state index contributed by atoms with van der Waals surface area (Å²) in [4.78, 5) is 4.62. The van der Waals surface area contributed by atoms with Crippen LogP contribution < -0.4 is 25.9 Å². The van der Waals surface area contributed by atoms with Crippen molar-refractivity contribution in [2.24, 2.45) is 0 Å². The highest BCUT2D eigenvalue weighted by atomic mass is 16.5. The highest BCUT2D eigenvalue weighted by Gasteiger charge is 2.42. The summed E-state index contributed by atoms with van der Waals surface area (Å²) < 4.78 is 13.6. The molecule has 0 fully saturated rings. The van der Waals surface area contributed by atoms with Crippen molar-refractivity contribution in [2.45, 2.75) is 0 Å². The molecule has 1 aromatic heterocycles. The second kappa shape index (κ2) is 8.75. The van der Waals surface area contributed by atoms with Gasteiger partial charge in [0.2, 0.25) is 0 Å². The Hall–Kier alpha value is -5.09. The van der Waals surface area contributed by atoms with Crippen LogP contribution in [0.4, 0.5) is 0 Å². The van der Waals surface area contributed by atoms with Crippen LogP contribution in [0.2, 0.25) is 0 Å². The summed E-state index contributed by atoms with van der Waals surface area (Å²) in [5.41, 5.74) is 9.61. The molecule has 3 heterocycles. The van der Waals surface area contributed by atoms with Gasteiger partial charge in [-0.1, -0.05) is 103 Å². The van der Waals surface area contributed by atoms with Gasteiger partial charge in [0.1, 0.15) is 23.0 Å². The van der Waals surface area contributed by atoms with Gasteiger partial charge in [-0.15, -0.1) is 0 Å². The van der Waals surface area contributed by atoms with Crippen molar-refractivity contribution in [3.8, 4) is 56.5 Å². The van der Waals surface area contributed by atoms with Crippen molar-refractivity contribution in [1.82, 2.24) is 4.98 Å². The molecular weight excluding hydrogens is 477 g/mol. The summed E-state index contributed by atoms with van der Waals surface area (Å²) in [5.74, 6) is 3.40. The van der Waals surface area contributed by atoms with Crippen molar-refractivity contribution < 1.29 is 9.47 Å². The van der Waals surface area contributed by atoms with E-state index in [0.29, 0.717) is 0 Å². The second-order valence-electron chi connectivity index (χ2n) is 9.92. The summed E-state index contributed by atoms with van der Waals surface area (Å²) in [7, 11) is 0. The molecule has 2 aliphatic heterocycles. The molecule has 0 atom stereocenters. The van der Waals surface area contributed by atoms with E-state index in [0.717, 1.165) is 72.9 Å². The molecular formula is C35H22BNO2. The molecule has 39 heavy (non-hydrogen) atoms. The maximum Gasteiger partial charge on any atom is 0.260 e. The normalized spacial score (nSPS) is 12.5. The molecule has 182 valence electrons. The Morgan fingerprint density at radius 3 is 1.54 bits per heavy atom. The van der Waals surface area contributed by atoms with Gasteiger partial charge in [-0.3, -0.25) is 4.98 Å². The van der Waals surface area contributed by atoms with Crippen LogP contribution >= 0.6 is 0 Å². The van der Waals surface area contributed by atoms with E-state index in [1.54, 1.807) is 0 Å². The standard InChI is InChI=1S/C35H22BNO2/c1-3-11-23(12-4-1)26-15-9-17-28-34(26)38-31-21-25(30-19-7-8-20-37-30)22-32-33(31)36(28)29-18-10-16-27(35(29)39-32)24-13-5-2-6-14-24/h1-22H. The van der Waals surface area contributed by atoms with Crippen LogP contribution in [0.25, 0.3) is 33.5 Å². The molecule has 5 aromatic carbocycles. The monoisotopic (exact) mass is 499 g/mol. The van der Waals surface area contributed by atoms with Crippen molar-refractivity contribution in [1.29, 1.82) is 0 Å². The van der Waals surface area contributed by atoms with Crippen LogP contribution in [0.15, 0.2) is 134 Å². The number of hydrogen-bond donors (Lipinski definition) is 0. The number of aromatic nitrogens is 1. The lowest BCUT2D eigenvalue weighted by Crippen LogP contribution is -2.57. The van der Waals surface area contributed by atoms with E-state index in [4.69, 9.17) is 9.47 Å². The molecule has 0 radical (unpaired) electrons. The first-order chi connectivity index (χ1) is 19.3. The number of ether oxygens (including phenoxy) is 2. The average molecular weight is 499 g/mol. The molecule has 2 aliphatic rings. The van der Waals surface area contributed by atoms with E-state index in [1.807, 2.05) is 36.5 Å². The lowest BCUT2D eigenvalue weighted by Gasteiger charge is -2.35. The lowest BCUT2D eigenvalue weighted by molar-refractivity contribution is 0.466. The van der Waals surface area contributed by atoms with Crippen LogP contribution in [-0.4, -0.2) is 11.7 Å². The summed E-state index contributed by atoms with van der Waals surface area (Å²) >= 11 is 0. The molecule has 3 nitrogen and oxygen atoms in total. The molecule has 0 spiro atoms. The molecule has 0 saturated heterocycles. The van der Waals surface area contributed by atoms with Gasteiger partial charge in [-0.05, 0) is 46.3 Å². The van der Waals surface area contributed by atoms with Gasteiger partial charge in [-0.25, -0.2) is 0 Å². The minimum Gasteiger partial charge on any atom is -0.458 e. The second-order valence-corrected chi connectivity index (χ2v) is 9.92. The van der Waals surface area contributed by atoms with E-state index in [-0.39, 0.29) is 6.71 Å². The first-order valence-electron chi connectivity index (χ1n) is 13.2. The van der Waals surface area contributed by atoms with Crippen LogP contribution in [0.3, 0.4) is 0 Å². The number of hydrogen-bond acceptors (Lipinski definition) is 3. The Labute approximate surface area is 227 Å². The minimum absolute atomic E-state index is 0.0207. The van der Waals surface area contributed by atoms with Crippen LogP contribution in [-0.2, 0) is 0 Å². The number of pyridine rings is 1. The summed E-state index contributed by atoms with van der Waals surface area (Å²) in [6, 6.07) is 44.0. The molecule has 0 amide bonds. The van der Waals surface area contributed by atoms with E-state index in [9.17, 15) is 0 Å². The van der Waals surface area contributed by atoms with Gasteiger partial charge in [0.15, 0.2) is 0 Å². The van der Waals surface area contributed by atoms with Gasteiger partial charge in [-0.2, -0.15) is 0 Å². The van der Waals surface area contributed by atoms with E-state index < -0.39 is 0 Å². The maximum absolute atomic E-state index is 6.79. The van der Waals surface area contributed by atoms with Crippen molar-refractivity contribution in [2.75, 3.05) is 0 Å². The number of benzene rings is 5. The molecule has 0 unspecified atom stereocenters. The molecule has 0 saturated carbocycles. The zero-order valence-corrected chi connectivity index (χ0v) is 21.0. The Morgan fingerprint density at radius 1 is 0.487 bits per heavy atom. The molecule has 4 heteroatoms. The fraction of sp³-hybridized carbons (Fsp3) is 0. The SMILES string of the molecule is c1ccc(-c2cccc3c2Oc2cc(-c4ccccn4)cc4c2B3c2cccc(-c3ccccc3)c2O4)cc1. The average Bonchev–Trinajstić information content (AvgIpc) is 3.01. The minimum atomic E-state index is -0.0207. The fourth-order valence-electron chi connectivity index (χ4n) is 5.92. The predicted molar refractivity (Wildman–Crippen MR) is 158 cm³/mol. The van der Waals surface area contributed by atoms with Gasteiger partial charge >= 0.3 is 0 Å². The van der Waals surface area contributed by atoms with Crippen LogP contribution in [0, 0.1) is 0 Å². The number of fused-ring (bicyclic) bond motifs is 4. The van der Waals surface area contributed by atoms with Crippen molar-refractivity contribution in [3.63, 3.8) is 0 Å². The third-order valence-electron chi connectivity index (χ3n) is 7.66. The largest absolute Gasteiger partial charge is 0.458 e. The van der Waals surface area contributed by atoms with Crippen molar-refractivity contribution in [3.05, 3.63) is 134 Å². The van der Waals surface area contributed by atoms with Crippen molar-refractivity contribution >= 4 is 23.1 Å². The smallest absolute Gasteiger partial charge is 0.260 e. The number of rotatable bonds is 3. The Kier molecular flexibility index (Phi) is 4.92. The molecule has 0 N–H and O–H groups in total. The first kappa shape index (κ1) is 21.9. The predicted octanol–water partition coefficient (Wildman–Crippen LogP) is 6.81. The van der Waals surface area contributed by atoms with Gasteiger partial charge < -0.3 is 9.47 Å². The van der Waals surface area contributed by atoms with Gasteiger partial charge in [0.05, 0.1) is 5.69 Å². The zero-order valence-electron chi connectivity index (χ0n) is 21.0. The van der Waals surface area contributed by atoms with Gasteiger partial charge in [0, 0.05) is 28.4 Å². The molecule has 0 aliphatic carbocycles. The number of para-hydroxylation sites is 2. The molecule has 0 bridgehead atoms. The van der Waals surface area contributed by atoms with E-state index in [1.165, 1.54) is 0 Å². The summed E-state index contributed by atoms with van der Waals surface area (Å²) in [6.45, 7) is -0.0207. The Balaban J connectivity index is 1.41. The molecule has 6 aromatic rings. The highest BCUT2D eigenvalue weighted by Crippen LogP contribution is 2.43. The molecule has 8 rings (SSSR count). The fourth-order valence-corrected chi connectivity index (χ4v) is 5.92. The van der Waals surface area contributed by atoms with Gasteiger partial charge in [0.25, 0.3) is 6.71 Å². The Morgan fingerprint density at radius 2 is 1.03 bits per heavy atom. The van der Waals surface area contributed by atoms with Crippen LogP contribution in [0.1, 0.15) is 0 Å². The quantitative estimate of drug-likeness (QED) is 0.250. The highest BCUT2D eigenvalue weighted by molar-refractivity contribution is 6.98. The zero-order chi connectivity index (χ0) is 25.8. The summed E-state index contributed by atoms with van der Waals surface area (Å²) in [6.07, 6.45) is 1.82. The number of nitrogens with zero attached hydrogens (tertiary/aromatic N) is 1. The Bertz CT molecular complexity index is 1740. The first-order valence-corrected chi connectivity index (χ1v) is 13.2. The van der Waals surface area contributed by atoms with E-state index in [2.05, 4.69) is 102 Å². The third kappa shape index (κ3) is 3.49. The third-order valence-corrected chi connectivity index (χ3v) is 7.66. The topological polar surface area (TPSA) is 31.4 Å².